The molecule has 1 saturated carbocycles. The second-order valence-corrected chi connectivity index (χ2v) is 14.8. The number of carbonyl (C=O) groups is 4. The van der Waals surface area contributed by atoms with Gasteiger partial charge in [0.05, 0.1) is 58.7 Å². The number of rotatable bonds is 8. The number of nitro groups is 1. The van der Waals surface area contributed by atoms with Crippen LogP contribution in [0.4, 0.5) is 17.1 Å². The van der Waals surface area contributed by atoms with Gasteiger partial charge in [-0.1, -0.05) is 59.1 Å². The van der Waals surface area contributed by atoms with Gasteiger partial charge in [0.25, 0.3) is 17.5 Å². The number of fused-ring (bicyclic) bond motifs is 4. The number of methoxy groups -OCH3 is 2. The molecule has 4 aliphatic rings. The number of amides is 4. The van der Waals surface area contributed by atoms with E-state index in [1.54, 1.807) is 42.5 Å². The fourth-order valence-corrected chi connectivity index (χ4v) is 9.53. The Bertz CT molecular complexity index is 2350. The third-order valence-corrected chi connectivity index (χ3v) is 12.0. The molecule has 2 aliphatic carbocycles. The highest BCUT2D eigenvalue weighted by Crippen LogP contribution is 2.65. The number of hydrazine groups is 1. The van der Waals surface area contributed by atoms with Gasteiger partial charge in [0.1, 0.15) is 17.2 Å². The molecule has 0 aromatic heterocycles. The average Bonchev–Trinajstić information content (AvgIpc) is 3.56. The van der Waals surface area contributed by atoms with Crippen molar-refractivity contribution in [3.63, 3.8) is 0 Å². The first-order chi connectivity index (χ1) is 26.4. The summed E-state index contributed by atoms with van der Waals surface area (Å²) in [4.78, 5) is 70.9. The maximum absolute atomic E-state index is 15.4. The quantitative estimate of drug-likeness (QED) is 0.0838. The topological polar surface area (TPSA) is 169 Å². The van der Waals surface area contributed by atoms with Crippen LogP contribution >= 0.6 is 23.2 Å². The van der Waals surface area contributed by atoms with Gasteiger partial charge in [-0.15, -0.1) is 0 Å². The van der Waals surface area contributed by atoms with Crippen molar-refractivity contribution in [3.8, 4) is 17.2 Å². The van der Waals surface area contributed by atoms with Crippen molar-refractivity contribution in [2.75, 3.05) is 24.5 Å². The van der Waals surface area contributed by atoms with Crippen LogP contribution in [0, 0.1) is 33.8 Å². The van der Waals surface area contributed by atoms with Crippen molar-refractivity contribution in [1.82, 2.24) is 5.01 Å². The summed E-state index contributed by atoms with van der Waals surface area (Å²) in [6, 6.07) is 21.4. The van der Waals surface area contributed by atoms with Crippen LogP contribution in [0.25, 0.3) is 0 Å². The van der Waals surface area contributed by atoms with E-state index in [1.165, 1.54) is 56.7 Å². The molecule has 0 bridgehead atoms. The number of hydrogen-bond donors (Lipinski definition) is 2. The first-order valence-electron chi connectivity index (χ1n) is 17.3. The molecule has 0 radical (unpaired) electrons. The van der Waals surface area contributed by atoms with Crippen LogP contribution in [0.3, 0.4) is 0 Å². The minimum atomic E-state index is -1.69. The molecule has 2 heterocycles. The third-order valence-electron chi connectivity index (χ3n) is 11.4. The highest BCUT2D eigenvalue weighted by molar-refractivity contribution is 6.36. The molecule has 8 rings (SSSR count). The van der Waals surface area contributed by atoms with Gasteiger partial charge in [0.2, 0.25) is 11.8 Å². The molecule has 2 N–H and O–H groups in total. The molecule has 0 spiro atoms. The molecule has 15 heteroatoms. The lowest BCUT2D eigenvalue weighted by molar-refractivity contribution is -0.384. The number of nitrogens with zero attached hydrogens (tertiary/aromatic N) is 3. The molecule has 55 heavy (non-hydrogen) atoms. The fourth-order valence-electron chi connectivity index (χ4n) is 9.08. The number of anilines is 2. The van der Waals surface area contributed by atoms with E-state index in [-0.39, 0.29) is 40.7 Å². The van der Waals surface area contributed by atoms with E-state index in [9.17, 15) is 29.6 Å². The predicted molar refractivity (Wildman–Crippen MR) is 201 cm³/mol. The van der Waals surface area contributed by atoms with Gasteiger partial charge in [-0.2, -0.15) is 5.01 Å². The largest absolute Gasteiger partial charge is 0.508 e. The van der Waals surface area contributed by atoms with E-state index in [1.807, 2.05) is 6.08 Å². The summed E-state index contributed by atoms with van der Waals surface area (Å²) < 4.78 is 10.8. The van der Waals surface area contributed by atoms with Crippen molar-refractivity contribution in [1.29, 1.82) is 0 Å². The molecule has 6 atom stereocenters. The van der Waals surface area contributed by atoms with Gasteiger partial charge in [-0.3, -0.25) is 34.7 Å². The standard InChI is InChI=1S/C40H32Cl2N4O9/c1-54-24-9-6-20(7-10-24)40-30(37(49)45(39(40)51)43-32-15-8-21(41)16-31(32)42)19-29-26(35(40)27-12-11-25(55-2)18-33(27)47)13-14-28-34(29)38(50)44(36(28)48)22-4-3-5-23(17-22)46(52)53/h3-13,15-18,28-30,34-35,43,47H,14,19H2,1-2H3. The van der Waals surface area contributed by atoms with Crippen LogP contribution in [0.5, 0.6) is 17.2 Å². The van der Waals surface area contributed by atoms with Crippen molar-refractivity contribution in [2.24, 2.45) is 23.7 Å². The van der Waals surface area contributed by atoms with Gasteiger partial charge >= 0.3 is 0 Å². The number of benzene rings is 4. The Labute approximate surface area is 324 Å². The van der Waals surface area contributed by atoms with Crippen LogP contribution in [-0.2, 0) is 24.6 Å². The number of nitrogens with one attached hydrogen (secondary N) is 1. The first kappa shape index (κ1) is 36.1. The number of nitro benzene ring substituents is 1. The van der Waals surface area contributed by atoms with Crippen molar-refractivity contribution < 1.29 is 38.7 Å². The lowest BCUT2D eigenvalue weighted by Crippen LogP contribution is -2.53. The molecule has 4 aromatic carbocycles. The van der Waals surface area contributed by atoms with E-state index in [4.69, 9.17) is 32.7 Å². The molecule has 6 unspecified atom stereocenters. The number of carbonyl (C=O) groups excluding carboxylic acids is 4. The second kappa shape index (κ2) is 13.4. The van der Waals surface area contributed by atoms with Crippen LogP contribution in [0.15, 0.2) is 96.6 Å². The summed E-state index contributed by atoms with van der Waals surface area (Å²) in [5.41, 5.74) is 2.62. The number of allylic oxidation sites excluding steroid dienone is 2. The van der Waals surface area contributed by atoms with Gasteiger partial charge < -0.3 is 14.6 Å². The molecule has 3 fully saturated rings. The number of phenols is 1. The zero-order valence-corrected chi connectivity index (χ0v) is 30.8. The zero-order chi connectivity index (χ0) is 38.9. The van der Waals surface area contributed by atoms with Gasteiger partial charge in [-0.25, -0.2) is 4.90 Å². The van der Waals surface area contributed by atoms with Crippen molar-refractivity contribution in [3.05, 3.63) is 128 Å². The van der Waals surface area contributed by atoms with Gasteiger partial charge in [-0.05, 0) is 66.8 Å². The molecular weight excluding hydrogens is 751 g/mol. The Morgan fingerprint density at radius 2 is 1.60 bits per heavy atom. The number of phenolic OH excluding ortho intramolecular Hbond substituents is 1. The maximum Gasteiger partial charge on any atom is 0.271 e. The number of hydrogen-bond acceptors (Lipinski definition) is 10. The summed E-state index contributed by atoms with van der Waals surface area (Å²) >= 11 is 12.7. The molecule has 280 valence electrons. The van der Waals surface area contributed by atoms with Crippen LogP contribution < -0.4 is 19.8 Å². The van der Waals surface area contributed by atoms with Crippen LogP contribution in [0.2, 0.25) is 10.0 Å². The summed E-state index contributed by atoms with van der Waals surface area (Å²) in [6.07, 6.45) is 1.92. The Morgan fingerprint density at radius 1 is 0.873 bits per heavy atom. The normalized spacial score (nSPS) is 25.6. The first-order valence-corrected chi connectivity index (χ1v) is 18.1. The van der Waals surface area contributed by atoms with E-state index in [0.29, 0.717) is 33.2 Å². The van der Waals surface area contributed by atoms with Crippen molar-refractivity contribution in [2.45, 2.75) is 24.2 Å². The predicted octanol–water partition coefficient (Wildman–Crippen LogP) is 6.81. The van der Waals surface area contributed by atoms with Crippen LogP contribution in [0.1, 0.15) is 29.9 Å². The highest BCUT2D eigenvalue weighted by atomic mass is 35.5. The zero-order valence-electron chi connectivity index (χ0n) is 29.3. The Kier molecular flexibility index (Phi) is 8.81. The number of halogens is 2. The Hall–Kier alpha value is -5.92. The van der Waals surface area contributed by atoms with Crippen LogP contribution in [-0.4, -0.2) is 52.9 Å². The summed E-state index contributed by atoms with van der Waals surface area (Å²) in [7, 11) is 2.95. The third kappa shape index (κ3) is 5.43. The Balaban J connectivity index is 1.33. The Morgan fingerprint density at radius 3 is 2.27 bits per heavy atom. The van der Waals surface area contributed by atoms with E-state index < -0.39 is 63.6 Å². The molecule has 4 amide bonds. The number of ether oxygens (including phenoxy) is 2. The monoisotopic (exact) mass is 782 g/mol. The number of aromatic hydroxyl groups is 1. The fraction of sp³-hybridized carbons (Fsp3) is 0.250. The average molecular weight is 784 g/mol. The smallest absolute Gasteiger partial charge is 0.271 e. The van der Waals surface area contributed by atoms with Crippen molar-refractivity contribution >= 4 is 63.9 Å². The van der Waals surface area contributed by atoms with Gasteiger partial charge in [0.15, 0.2) is 0 Å². The minimum absolute atomic E-state index is 0.0225. The summed E-state index contributed by atoms with van der Waals surface area (Å²) in [5, 5.41) is 24.8. The molecule has 2 aliphatic heterocycles. The number of non-ortho nitro benzene ring substituents is 1. The van der Waals surface area contributed by atoms with E-state index >= 15 is 4.79 Å². The highest BCUT2D eigenvalue weighted by Gasteiger charge is 2.70. The molecule has 2 saturated heterocycles. The molecular formula is C40H32Cl2N4O9. The van der Waals surface area contributed by atoms with E-state index in [2.05, 4.69) is 5.43 Å². The SMILES string of the molecule is COc1ccc(C23C(=O)N(Nc4ccc(Cl)cc4Cl)C(=O)C2CC2C(=CCC4C(=O)N(c5cccc([N+](=O)[O-])c5)C(=O)C42)C3c2ccc(OC)cc2O)cc1. The molecule has 13 nitrogen and oxygen atoms in total. The lowest BCUT2D eigenvalue weighted by atomic mass is 9.49. The maximum atomic E-state index is 15.4. The number of imide groups is 2. The second-order valence-electron chi connectivity index (χ2n) is 13.9. The van der Waals surface area contributed by atoms with Gasteiger partial charge in [0, 0.05) is 34.7 Å². The minimum Gasteiger partial charge on any atom is -0.508 e. The summed E-state index contributed by atoms with van der Waals surface area (Å²) in [5.74, 6) is -6.42. The molecule has 4 aromatic rings. The van der Waals surface area contributed by atoms with E-state index in [0.717, 1.165) is 9.91 Å². The lowest BCUT2D eigenvalue weighted by Gasteiger charge is -2.50. The summed E-state index contributed by atoms with van der Waals surface area (Å²) in [6.45, 7) is 0.